The molecular weight excluding hydrogens is 628 g/mol. The lowest BCUT2D eigenvalue weighted by Crippen LogP contribution is -2.53. The molecule has 1 aromatic heterocycles. The summed E-state index contributed by atoms with van der Waals surface area (Å²) in [6, 6.07) is 20.4. The fourth-order valence-electron chi connectivity index (χ4n) is 5.87. The van der Waals surface area contributed by atoms with Crippen molar-refractivity contribution in [2.24, 2.45) is 5.92 Å². The molecule has 0 saturated carbocycles. The monoisotopic (exact) mass is 676 g/mol. The molecule has 12 nitrogen and oxygen atoms in total. The van der Waals surface area contributed by atoms with Crippen LogP contribution >= 0.6 is 0 Å². The molecule has 3 N–H and O–H groups in total. The van der Waals surface area contributed by atoms with Gasteiger partial charge in [-0.1, -0.05) is 55.8 Å². The molecule has 2 aliphatic heterocycles. The molecule has 2 aromatic carbocycles. The summed E-state index contributed by atoms with van der Waals surface area (Å²) >= 11 is 0. The highest BCUT2D eigenvalue weighted by molar-refractivity contribution is 5.68. The van der Waals surface area contributed by atoms with Crippen LogP contribution in [0, 0.1) is 5.92 Å². The van der Waals surface area contributed by atoms with E-state index in [0.29, 0.717) is 19.6 Å². The average Bonchev–Trinajstić information content (AvgIpc) is 3.71. The number of rotatable bonds is 16. The molecule has 49 heavy (non-hydrogen) atoms. The van der Waals surface area contributed by atoms with E-state index in [1.807, 2.05) is 66.7 Å². The Balaban J connectivity index is 1.30. The molecule has 3 aromatic rings. The minimum absolute atomic E-state index is 0.0231. The summed E-state index contributed by atoms with van der Waals surface area (Å²) in [5, 5.41) is 16.2. The van der Waals surface area contributed by atoms with Crippen LogP contribution in [0.5, 0.6) is 5.75 Å². The SMILES string of the molecule is CCCCOc1ccc(C[C@H](NC(=O)O[C@H]2CO[C@H]3OCC[C@H]32)[C@@H](O)CN(Cc2ccc(-c3ccccn3)cc2)NC(=O)OC(C)C)cc1. The molecule has 3 heterocycles. The van der Waals surface area contributed by atoms with Crippen molar-refractivity contribution in [1.29, 1.82) is 0 Å². The van der Waals surface area contributed by atoms with Gasteiger partial charge in [0.2, 0.25) is 0 Å². The van der Waals surface area contributed by atoms with E-state index in [0.717, 1.165) is 47.4 Å². The number of carbonyl (C=O) groups is 2. The molecule has 0 radical (unpaired) electrons. The van der Waals surface area contributed by atoms with Gasteiger partial charge in [-0.25, -0.2) is 14.6 Å². The Morgan fingerprint density at radius 1 is 1.02 bits per heavy atom. The number of pyridine rings is 1. The molecule has 264 valence electrons. The summed E-state index contributed by atoms with van der Waals surface area (Å²) in [6.45, 7) is 7.31. The van der Waals surface area contributed by atoms with Crippen molar-refractivity contribution in [2.75, 3.05) is 26.4 Å². The second kappa shape index (κ2) is 18.0. The van der Waals surface area contributed by atoms with Crippen molar-refractivity contribution < 1.29 is 38.4 Å². The van der Waals surface area contributed by atoms with E-state index in [1.54, 1.807) is 25.1 Å². The lowest BCUT2D eigenvalue weighted by Gasteiger charge is -2.30. The maximum Gasteiger partial charge on any atom is 0.422 e. The van der Waals surface area contributed by atoms with Gasteiger partial charge in [0.05, 0.1) is 49.7 Å². The third kappa shape index (κ3) is 10.9. The maximum atomic E-state index is 13.2. The van der Waals surface area contributed by atoms with Gasteiger partial charge < -0.3 is 34.1 Å². The first-order valence-electron chi connectivity index (χ1n) is 17.1. The number of aliphatic hydroxyl groups excluding tert-OH is 1. The zero-order valence-corrected chi connectivity index (χ0v) is 28.5. The number of nitrogens with one attached hydrogen (secondary N) is 2. The number of unbranched alkanes of at least 4 members (excludes halogenated alkanes) is 1. The van der Waals surface area contributed by atoms with Crippen molar-refractivity contribution in [1.82, 2.24) is 20.7 Å². The molecule has 2 saturated heterocycles. The average molecular weight is 677 g/mol. The van der Waals surface area contributed by atoms with Crippen molar-refractivity contribution in [3.8, 4) is 17.0 Å². The Morgan fingerprint density at radius 3 is 2.51 bits per heavy atom. The minimum Gasteiger partial charge on any atom is -0.494 e. The summed E-state index contributed by atoms with van der Waals surface area (Å²) in [4.78, 5) is 30.4. The van der Waals surface area contributed by atoms with Crippen molar-refractivity contribution >= 4 is 12.2 Å². The number of aromatic nitrogens is 1. The molecule has 12 heteroatoms. The highest BCUT2D eigenvalue weighted by Crippen LogP contribution is 2.33. The van der Waals surface area contributed by atoms with E-state index in [2.05, 4.69) is 22.7 Å². The summed E-state index contributed by atoms with van der Waals surface area (Å²) in [7, 11) is 0. The number of hydrogen-bond acceptors (Lipinski definition) is 10. The maximum absolute atomic E-state index is 13.2. The molecule has 0 bridgehead atoms. The third-order valence-corrected chi connectivity index (χ3v) is 8.44. The summed E-state index contributed by atoms with van der Waals surface area (Å²) in [5.41, 5.74) is 6.34. The highest BCUT2D eigenvalue weighted by Gasteiger charge is 2.44. The molecule has 0 unspecified atom stereocenters. The zero-order valence-electron chi connectivity index (χ0n) is 28.5. The second-order valence-corrected chi connectivity index (χ2v) is 12.7. The molecule has 2 fully saturated rings. The van der Waals surface area contributed by atoms with Crippen LogP contribution in [0.4, 0.5) is 9.59 Å². The van der Waals surface area contributed by atoms with E-state index in [1.165, 1.54) is 0 Å². The lowest BCUT2D eigenvalue weighted by atomic mass is 10.0. The number of carbonyl (C=O) groups excluding carboxylic acids is 2. The predicted octanol–water partition coefficient (Wildman–Crippen LogP) is 5.24. The van der Waals surface area contributed by atoms with Crippen LogP contribution in [0.3, 0.4) is 0 Å². The minimum atomic E-state index is -1.12. The Kier molecular flexibility index (Phi) is 13.2. The summed E-state index contributed by atoms with van der Waals surface area (Å²) in [5.74, 6) is 0.731. The van der Waals surface area contributed by atoms with E-state index in [-0.39, 0.29) is 38.0 Å². The smallest absolute Gasteiger partial charge is 0.422 e. The Morgan fingerprint density at radius 2 is 1.80 bits per heavy atom. The van der Waals surface area contributed by atoms with Crippen LogP contribution in [-0.2, 0) is 31.9 Å². The zero-order chi connectivity index (χ0) is 34.6. The number of benzene rings is 2. The van der Waals surface area contributed by atoms with Gasteiger partial charge in [0, 0.05) is 24.8 Å². The molecule has 2 aliphatic rings. The van der Waals surface area contributed by atoms with Crippen LogP contribution < -0.4 is 15.5 Å². The topological polar surface area (TPSA) is 141 Å². The van der Waals surface area contributed by atoms with E-state index in [9.17, 15) is 14.7 Å². The Bertz CT molecular complexity index is 1460. The van der Waals surface area contributed by atoms with Gasteiger partial charge in [-0.15, -0.1) is 0 Å². The normalized spacial score (nSPS) is 19.7. The number of amides is 2. The molecule has 2 amide bonds. The van der Waals surface area contributed by atoms with Crippen molar-refractivity contribution in [2.45, 2.75) is 83.6 Å². The number of alkyl carbamates (subject to hydrolysis) is 1. The van der Waals surface area contributed by atoms with Crippen LogP contribution in [-0.4, -0.2) is 84.3 Å². The summed E-state index contributed by atoms with van der Waals surface area (Å²) in [6.07, 6.45) is 1.22. The van der Waals surface area contributed by atoms with Gasteiger partial charge in [-0.3, -0.25) is 10.4 Å². The number of aliphatic hydroxyl groups is 1. The van der Waals surface area contributed by atoms with Crippen LogP contribution in [0.25, 0.3) is 11.3 Å². The first kappa shape index (κ1) is 36.1. The Hall–Kier alpha value is -4.23. The van der Waals surface area contributed by atoms with Crippen LogP contribution in [0.15, 0.2) is 72.9 Å². The fraction of sp³-hybridized carbons (Fsp3) is 0.486. The number of hydrazine groups is 1. The lowest BCUT2D eigenvalue weighted by molar-refractivity contribution is -0.0907. The fourth-order valence-corrected chi connectivity index (χ4v) is 5.87. The van der Waals surface area contributed by atoms with E-state index < -0.39 is 30.4 Å². The summed E-state index contributed by atoms with van der Waals surface area (Å²) < 4.78 is 28.1. The van der Waals surface area contributed by atoms with Gasteiger partial charge in [0.25, 0.3) is 0 Å². The Labute approximate surface area is 288 Å². The van der Waals surface area contributed by atoms with Gasteiger partial charge >= 0.3 is 12.2 Å². The second-order valence-electron chi connectivity index (χ2n) is 12.7. The molecular formula is C37H48N4O8. The van der Waals surface area contributed by atoms with Gasteiger partial charge in [0.15, 0.2) is 6.29 Å². The van der Waals surface area contributed by atoms with Gasteiger partial charge in [-0.05, 0) is 68.5 Å². The number of nitrogens with zero attached hydrogens (tertiary/aromatic N) is 2. The van der Waals surface area contributed by atoms with Gasteiger partial charge in [-0.2, -0.15) is 0 Å². The van der Waals surface area contributed by atoms with E-state index in [4.69, 9.17) is 23.7 Å². The first-order valence-corrected chi connectivity index (χ1v) is 17.1. The molecule has 5 rings (SSSR count). The largest absolute Gasteiger partial charge is 0.494 e. The third-order valence-electron chi connectivity index (χ3n) is 8.44. The number of ether oxygens (including phenoxy) is 5. The van der Waals surface area contributed by atoms with Crippen LogP contribution in [0.1, 0.15) is 51.2 Å². The van der Waals surface area contributed by atoms with Crippen LogP contribution in [0.2, 0.25) is 0 Å². The number of fused-ring (bicyclic) bond motifs is 1. The predicted molar refractivity (Wildman–Crippen MR) is 182 cm³/mol. The van der Waals surface area contributed by atoms with Crippen molar-refractivity contribution in [3.05, 3.63) is 84.1 Å². The molecule has 5 atom stereocenters. The van der Waals surface area contributed by atoms with Crippen molar-refractivity contribution in [3.63, 3.8) is 0 Å². The quantitative estimate of drug-likeness (QED) is 0.136. The van der Waals surface area contributed by atoms with Gasteiger partial charge in [0.1, 0.15) is 11.9 Å². The standard InChI is InChI=1S/C37H48N4O8/c1-4-5-19-45-29-15-11-26(12-16-29)21-32(39-36(43)49-34-24-47-35-30(34)17-20-46-35)33(42)23-41(40-37(44)48-25(2)3)22-27-9-13-28(14-10-27)31-8-6-7-18-38-31/h6-16,18,25,30,32-35,42H,4-5,17,19-24H2,1-3H3,(H,39,43)(H,40,44)/t30-,32-,33-,34-,35+/m0/s1. The van der Waals surface area contributed by atoms with E-state index >= 15 is 0 Å². The highest BCUT2D eigenvalue weighted by atomic mass is 16.7. The molecule has 0 aliphatic carbocycles. The molecule has 0 spiro atoms. The first-order chi connectivity index (χ1) is 23.8. The number of hydrogen-bond donors (Lipinski definition) is 3.